The van der Waals surface area contributed by atoms with Crippen LogP contribution in [0.15, 0.2) is 5.11 Å². The summed E-state index contributed by atoms with van der Waals surface area (Å²) >= 11 is 0. The third-order valence-electron chi connectivity index (χ3n) is 1.93. The number of aliphatic carboxylic acids is 1. The SMILES string of the molecule is [N-]=[N+]=NC[C@H]1O[C@@H](C(=O)O)[C@@H](O)[C@@H]1O. The highest BCUT2D eigenvalue weighted by Crippen LogP contribution is 2.21. The van der Waals surface area contributed by atoms with E-state index in [4.69, 9.17) is 15.4 Å². The number of aliphatic hydroxyl groups excluding tert-OH is 2. The summed E-state index contributed by atoms with van der Waals surface area (Å²) in [4.78, 5) is 12.9. The number of carbonyl (C=O) groups is 1. The van der Waals surface area contributed by atoms with E-state index in [9.17, 15) is 15.0 Å². The number of rotatable bonds is 3. The van der Waals surface area contributed by atoms with Crippen molar-refractivity contribution in [1.29, 1.82) is 0 Å². The van der Waals surface area contributed by atoms with E-state index in [0.29, 0.717) is 0 Å². The summed E-state index contributed by atoms with van der Waals surface area (Å²) in [5, 5.41) is 30.2. The molecule has 0 aromatic rings. The van der Waals surface area contributed by atoms with Crippen LogP contribution in [0, 0.1) is 0 Å². The number of hydrogen-bond donors (Lipinski definition) is 3. The quantitative estimate of drug-likeness (QED) is 0.303. The molecular formula is C6H9N3O5. The zero-order valence-electron chi connectivity index (χ0n) is 7.02. The fourth-order valence-corrected chi connectivity index (χ4v) is 1.22. The first-order valence-corrected chi connectivity index (χ1v) is 3.83. The molecule has 1 fully saturated rings. The Hall–Kier alpha value is -1.34. The molecule has 0 aromatic heterocycles. The van der Waals surface area contributed by atoms with Crippen LogP contribution < -0.4 is 0 Å². The topological polar surface area (TPSA) is 136 Å². The monoisotopic (exact) mass is 203 g/mol. The van der Waals surface area contributed by atoms with Gasteiger partial charge >= 0.3 is 5.97 Å². The third-order valence-corrected chi connectivity index (χ3v) is 1.93. The zero-order chi connectivity index (χ0) is 10.7. The van der Waals surface area contributed by atoms with E-state index in [2.05, 4.69) is 10.0 Å². The molecule has 1 heterocycles. The van der Waals surface area contributed by atoms with Gasteiger partial charge in [-0.1, -0.05) is 5.11 Å². The molecule has 0 spiro atoms. The van der Waals surface area contributed by atoms with Gasteiger partial charge in [-0.05, 0) is 5.53 Å². The van der Waals surface area contributed by atoms with Crippen molar-refractivity contribution in [1.82, 2.24) is 0 Å². The van der Waals surface area contributed by atoms with Gasteiger partial charge in [-0.3, -0.25) is 0 Å². The van der Waals surface area contributed by atoms with Crippen LogP contribution in [0.25, 0.3) is 10.4 Å². The molecule has 3 N–H and O–H groups in total. The Morgan fingerprint density at radius 3 is 2.57 bits per heavy atom. The molecule has 0 saturated carbocycles. The van der Waals surface area contributed by atoms with Crippen molar-refractivity contribution in [2.24, 2.45) is 5.11 Å². The molecule has 4 atom stereocenters. The second kappa shape index (κ2) is 4.25. The second-order valence-corrected chi connectivity index (χ2v) is 2.83. The van der Waals surface area contributed by atoms with E-state index in [1.54, 1.807) is 0 Å². The van der Waals surface area contributed by atoms with E-state index in [-0.39, 0.29) is 6.54 Å². The van der Waals surface area contributed by atoms with Gasteiger partial charge in [-0.2, -0.15) is 0 Å². The Morgan fingerprint density at radius 1 is 1.50 bits per heavy atom. The van der Waals surface area contributed by atoms with Crippen LogP contribution in [0.5, 0.6) is 0 Å². The summed E-state index contributed by atoms with van der Waals surface area (Å²) in [7, 11) is 0. The number of carboxylic acid groups (broad SMARTS) is 1. The van der Waals surface area contributed by atoms with Gasteiger partial charge in [-0.15, -0.1) is 0 Å². The predicted octanol–water partition coefficient (Wildman–Crippen LogP) is -1.13. The van der Waals surface area contributed by atoms with Gasteiger partial charge in [0.05, 0.1) is 12.6 Å². The predicted molar refractivity (Wildman–Crippen MR) is 42.3 cm³/mol. The molecule has 8 heteroatoms. The molecule has 0 unspecified atom stereocenters. The van der Waals surface area contributed by atoms with E-state index < -0.39 is 30.4 Å². The molecule has 1 saturated heterocycles. The number of nitrogens with zero attached hydrogens (tertiary/aromatic N) is 3. The minimum Gasteiger partial charge on any atom is -0.479 e. The van der Waals surface area contributed by atoms with Gasteiger partial charge in [0.2, 0.25) is 0 Å². The largest absolute Gasteiger partial charge is 0.479 e. The average molecular weight is 203 g/mol. The first-order chi connectivity index (χ1) is 6.57. The molecule has 0 aromatic carbocycles. The van der Waals surface area contributed by atoms with Gasteiger partial charge in [0.25, 0.3) is 0 Å². The number of azide groups is 1. The average Bonchev–Trinajstić information content (AvgIpc) is 2.42. The molecule has 0 bridgehead atoms. The summed E-state index contributed by atoms with van der Waals surface area (Å²) < 4.78 is 4.79. The fourth-order valence-electron chi connectivity index (χ4n) is 1.22. The van der Waals surface area contributed by atoms with Crippen LogP contribution in [-0.4, -0.2) is 52.2 Å². The lowest BCUT2D eigenvalue weighted by Gasteiger charge is -2.10. The molecule has 1 aliphatic heterocycles. The normalized spacial score (nSPS) is 36.4. The molecule has 0 aliphatic carbocycles. The van der Waals surface area contributed by atoms with Gasteiger partial charge < -0.3 is 20.1 Å². The van der Waals surface area contributed by atoms with Crippen molar-refractivity contribution in [3.8, 4) is 0 Å². The van der Waals surface area contributed by atoms with Gasteiger partial charge in [-0.25, -0.2) is 4.79 Å². The van der Waals surface area contributed by atoms with Crippen LogP contribution >= 0.6 is 0 Å². The molecule has 14 heavy (non-hydrogen) atoms. The number of ether oxygens (including phenoxy) is 1. The minimum absolute atomic E-state index is 0.210. The van der Waals surface area contributed by atoms with Gasteiger partial charge in [0, 0.05) is 4.91 Å². The highest BCUT2D eigenvalue weighted by Gasteiger charge is 2.45. The second-order valence-electron chi connectivity index (χ2n) is 2.83. The van der Waals surface area contributed by atoms with E-state index in [1.807, 2.05) is 0 Å². The van der Waals surface area contributed by atoms with E-state index >= 15 is 0 Å². The van der Waals surface area contributed by atoms with Crippen molar-refractivity contribution < 1.29 is 24.9 Å². The van der Waals surface area contributed by atoms with Crippen molar-refractivity contribution in [2.45, 2.75) is 24.4 Å². The molecule has 0 radical (unpaired) electrons. The molecule has 0 amide bonds. The molecular weight excluding hydrogens is 194 g/mol. The Balaban J connectivity index is 2.66. The molecule has 8 nitrogen and oxygen atoms in total. The number of carboxylic acids is 1. The highest BCUT2D eigenvalue weighted by atomic mass is 16.6. The lowest BCUT2D eigenvalue weighted by atomic mass is 10.1. The van der Waals surface area contributed by atoms with Crippen LogP contribution in [0.4, 0.5) is 0 Å². The maximum atomic E-state index is 10.5. The van der Waals surface area contributed by atoms with Crippen LogP contribution in [0.1, 0.15) is 0 Å². The van der Waals surface area contributed by atoms with Crippen molar-refractivity contribution in [3.63, 3.8) is 0 Å². The summed E-state index contributed by atoms with van der Waals surface area (Å²) in [6, 6.07) is 0. The number of aliphatic hydroxyl groups is 2. The summed E-state index contributed by atoms with van der Waals surface area (Å²) in [6.45, 7) is -0.210. The summed E-state index contributed by atoms with van der Waals surface area (Å²) in [6.07, 6.45) is -5.28. The van der Waals surface area contributed by atoms with Crippen molar-refractivity contribution in [3.05, 3.63) is 10.4 Å². The Kier molecular flexibility index (Phi) is 3.26. The standard InChI is InChI=1S/C6H9N3O5/c7-9-8-1-2-3(10)4(11)5(14-2)6(12)13/h2-5,10-11H,1H2,(H,12,13)/t2-,3-,4+,5-/m1/s1. The van der Waals surface area contributed by atoms with E-state index in [0.717, 1.165) is 0 Å². The van der Waals surface area contributed by atoms with Crippen LogP contribution in [0.3, 0.4) is 0 Å². The Morgan fingerprint density at radius 2 is 2.14 bits per heavy atom. The first kappa shape index (κ1) is 10.7. The third kappa shape index (κ3) is 1.94. The Labute approximate surface area is 78.3 Å². The van der Waals surface area contributed by atoms with Crippen LogP contribution in [-0.2, 0) is 9.53 Å². The summed E-state index contributed by atoms with van der Waals surface area (Å²) in [5.74, 6) is -1.36. The summed E-state index contributed by atoms with van der Waals surface area (Å²) in [5.41, 5.74) is 8.00. The highest BCUT2D eigenvalue weighted by molar-refractivity contribution is 5.73. The van der Waals surface area contributed by atoms with Crippen LogP contribution in [0.2, 0.25) is 0 Å². The molecule has 1 rings (SSSR count). The van der Waals surface area contributed by atoms with Crippen molar-refractivity contribution >= 4 is 5.97 Å². The fraction of sp³-hybridized carbons (Fsp3) is 0.833. The molecule has 1 aliphatic rings. The maximum Gasteiger partial charge on any atom is 0.335 e. The number of hydrogen-bond acceptors (Lipinski definition) is 5. The maximum absolute atomic E-state index is 10.5. The van der Waals surface area contributed by atoms with Gasteiger partial charge in [0.1, 0.15) is 12.2 Å². The lowest BCUT2D eigenvalue weighted by Crippen LogP contribution is -2.36. The van der Waals surface area contributed by atoms with Crippen molar-refractivity contribution in [2.75, 3.05) is 6.54 Å². The minimum atomic E-state index is -1.49. The zero-order valence-corrected chi connectivity index (χ0v) is 7.02. The first-order valence-electron chi connectivity index (χ1n) is 3.83. The Bertz CT molecular complexity index is 277. The smallest absolute Gasteiger partial charge is 0.335 e. The van der Waals surface area contributed by atoms with E-state index in [1.165, 1.54) is 0 Å². The van der Waals surface area contributed by atoms with Gasteiger partial charge in [0.15, 0.2) is 6.10 Å². The molecule has 78 valence electrons. The lowest BCUT2D eigenvalue weighted by molar-refractivity contribution is -0.153.